The average Bonchev–Trinajstić information content (AvgIpc) is 2.33. The van der Waals surface area contributed by atoms with Gasteiger partial charge in [0.2, 0.25) is 0 Å². The van der Waals surface area contributed by atoms with Crippen LogP contribution in [0.1, 0.15) is 33.6 Å². The van der Waals surface area contributed by atoms with Crippen LogP contribution >= 0.6 is 0 Å². The fourth-order valence-corrected chi connectivity index (χ4v) is 1.59. The van der Waals surface area contributed by atoms with Crippen molar-refractivity contribution >= 4 is 0 Å². The Morgan fingerprint density at radius 1 is 1.36 bits per heavy atom. The summed E-state index contributed by atoms with van der Waals surface area (Å²) in [6, 6.07) is 0.396. The van der Waals surface area contributed by atoms with E-state index in [0.29, 0.717) is 12.0 Å². The number of hydrogen-bond donors (Lipinski definition) is 0. The lowest BCUT2D eigenvalue weighted by Gasteiger charge is -2.28. The normalized spacial score (nSPS) is 29.7. The number of likely N-dealkylation sites (tertiary alicyclic amines) is 1. The van der Waals surface area contributed by atoms with Crippen molar-refractivity contribution in [2.24, 2.45) is 5.92 Å². The van der Waals surface area contributed by atoms with E-state index in [-0.39, 0.29) is 0 Å². The second-order valence-corrected chi connectivity index (χ2v) is 3.80. The van der Waals surface area contributed by atoms with Crippen LogP contribution in [0, 0.1) is 5.92 Å². The van der Waals surface area contributed by atoms with Crippen molar-refractivity contribution in [3.8, 4) is 0 Å². The molecular weight excluding hydrogens is 141 g/mol. The Hall–Kier alpha value is -0.110. The van der Waals surface area contributed by atoms with Crippen LogP contribution in [0.2, 0.25) is 0 Å². The molecule has 0 aromatic carbocycles. The molecule has 0 aromatic heterocycles. The largest absolute Gasteiger partial charge is 0.271 e. The van der Waals surface area contributed by atoms with Crippen molar-refractivity contribution in [1.82, 2.24) is 4.90 Å². The van der Waals surface area contributed by atoms with Gasteiger partial charge in [0, 0.05) is 12.6 Å². The zero-order chi connectivity index (χ0) is 8.43. The third kappa shape index (κ3) is 1.92. The summed E-state index contributed by atoms with van der Waals surface area (Å²) in [4.78, 5) is 1.98. The molecule has 0 aliphatic carbocycles. The Morgan fingerprint density at radius 2 is 2.00 bits per heavy atom. The summed E-state index contributed by atoms with van der Waals surface area (Å²) in [6.45, 7) is 7.36. The Bertz CT molecular complexity index is 125. The molecule has 66 valence electrons. The van der Waals surface area contributed by atoms with Gasteiger partial charge in [0.15, 0.2) is 6.30 Å². The number of hydrogen-bond acceptors (Lipinski definition) is 1. The molecule has 1 saturated heterocycles. The predicted molar refractivity (Wildman–Crippen MR) is 45.1 cm³/mol. The van der Waals surface area contributed by atoms with E-state index in [1.165, 1.54) is 0 Å². The maximum absolute atomic E-state index is 13.1. The van der Waals surface area contributed by atoms with E-state index < -0.39 is 6.30 Å². The van der Waals surface area contributed by atoms with Crippen LogP contribution in [0.3, 0.4) is 0 Å². The molecule has 1 rings (SSSR count). The van der Waals surface area contributed by atoms with Crippen LogP contribution in [-0.2, 0) is 0 Å². The van der Waals surface area contributed by atoms with Gasteiger partial charge in [-0.25, -0.2) is 4.39 Å². The first-order valence-corrected chi connectivity index (χ1v) is 4.52. The number of rotatable bonds is 2. The maximum atomic E-state index is 13.1. The van der Waals surface area contributed by atoms with E-state index in [9.17, 15) is 4.39 Å². The quantitative estimate of drug-likeness (QED) is 0.559. The first-order valence-electron chi connectivity index (χ1n) is 4.52. The van der Waals surface area contributed by atoms with Gasteiger partial charge in [-0.15, -0.1) is 0 Å². The molecule has 0 aromatic rings. The Labute approximate surface area is 68.6 Å². The van der Waals surface area contributed by atoms with Gasteiger partial charge < -0.3 is 0 Å². The fourth-order valence-electron chi connectivity index (χ4n) is 1.59. The standard InChI is InChI=1S/C9H18FN/c1-7(2)8(3)11-6-4-5-9(11)10/h7-9H,4-6H2,1-3H3. The molecule has 2 heteroatoms. The number of alkyl halides is 1. The molecule has 0 N–H and O–H groups in total. The molecule has 1 nitrogen and oxygen atoms in total. The molecule has 1 aliphatic rings. The molecule has 0 radical (unpaired) electrons. The fraction of sp³-hybridized carbons (Fsp3) is 1.00. The minimum absolute atomic E-state index is 0.396. The van der Waals surface area contributed by atoms with E-state index >= 15 is 0 Å². The summed E-state index contributed by atoms with van der Waals surface area (Å²) in [5.41, 5.74) is 0. The molecule has 1 fully saturated rings. The molecule has 1 aliphatic heterocycles. The van der Waals surface area contributed by atoms with Crippen LogP contribution in [0.5, 0.6) is 0 Å². The van der Waals surface area contributed by atoms with Crippen LogP contribution in [0.25, 0.3) is 0 Å². The van der Waals surface area contributed by atoms with Crippen molar-refractivity contribution in [2.75, 3.05) is 6.54 Å². The average molecular weight is 159 g/mol. The van der Waals surface area contributed by atoms with Crippen molar-refractivity contribution in [1.29, 1.82) is 0 Å². The van der Waals surface area contributed by atoms with Crippen molar-refractivity contribution in [2.45, 2.75) is 46.0 Å². The summed E-state index contributed by atoms with van der Waals surface area (Å²) >= 11 is 0. The lowest BCUT2D eigenvalue weighted by atomic mass is 10.1. The highest BCUT2D eigenvalue weighted by Crippen LogP contribution is 2.23. The highest BCUT2D eigenvalue weighted by atomic mass is 19.1. The van der Waals surface area contributed by atoms with Gasteiger partial charge in [0.25, 0.3) is 0 Å². The van der Waals surface area contributed by atoms with Crippen molar-refractivity contribution in [3.05, 3.63) is 0 Å². The zero-order valence-corrected chi connectivity index (χ0v) is 7.68. The van der Waals surface area contributed by atoms with Crippen LogP contribution in [0.4, 0.5) is 4.39 Å². The molecule has 0 saturated carbocycles. The van der Waals surface area contributed by atoms with Gasteiger partial charge >= 0.3 is 0 Å². The summed E-state index contributed by atoms with van der Waals surface area (Å²) in [5.74, 6) is 0.561. The van der Waals surface area contributed by atoms with E-state index in [0.717, 1.165) is 19.4 Å². The van der Waals surface area contributed by atoms with Crippen LogP contribution < -0.4 is 0 Å². The summed E-state index contributed by atoms with van der Waals surface area (Å²) in [6.07, 6.45) is 1.09. The predicted octanol–water partition coefficient (Wildman–Crippen LogP) is 2.42. The van der Waals surface area contributed by atoms with Gasteiger partial charge in [-0.1, -0.05) is 13.8 Å². The number of nitrogens with zero attached hydrogens (tertiary/aromatic N) is 1. The highest BCUT2D eigenvalue weighted by molar-refractivity contribution is 4.78. The number of halogens is 1. The third-order valence-corrected chi connectivity index (χ3v) is 2.71. The van der Waals surface area contributed by atoms with Gasteiger partial charge in [-0.3, -0.25) is 4.90 Å². The molecular formula is C9H18FN. The first kappa shape index (κ1) is 8.98. The smallest absolute Gasteiger partial charge is 0.153 e. The second-order valence-electron chi connectivity index (χ2n) is 3.80. The third-order valence-electron chi connectivity index (χ3n) is 2.71. The monoisotopic (exact) mass is 159 g/mol. The molecule has 0 bridgehead atoms. The highest BCUT2D eigenvalue weighted by Gasteiger charge is 2.29. The maximum Gasteiger partial charge on any atom is 0.153 e. The second kappa shape index (κ2) is 3.53. The SMILES string of the molecule is CC(C)C(C)N1CCCC1F. The summed E-state index contributed by atoms with van der Waals surface area (Å²) in [5, 5.41) is 0. The van der Waals surface area contributed by atoms with E-state index in [2.05, 4.69) is 20.8 Å². The molecule has 11 heavy (non-hydrogen) atoms. The Balaban J connectivity index is 2.45. The van der Waals surface area contributed by atoms with E-state index in [1.54, 1.807) is 0 Å². The van der Waals surface area contributed by atoms with Gasteiger partial charge in [0.05, 0.1) is 0 Å². The van der Waals surface area contributed by atoms with Gasteiger partial charge in [-0.2, -0.15) is 0 Å². The Kier molecular flexibility index (Phi) is 2.88. The minimum Gasteiger partial charge on any atom is -0.271 e. The first-order chi connectivity index (χ1) is 5.13. The molecule has 2 unspecified atom stereocenters. The molecule has 0 spiro atoms. The Morgan fingerprint density at radius 3 is 2.36 bits per heavy atom. The van der Waals surface area contributed by atoms with Crippen molar-refractivity contribution in [3.63, 3.8) is 0 Å². The topological polar surface area (TPSA) is 3.24 Å². The van der Waals surface area contributed by atoms with Crippen LogP contribution in [-0.4, -0.2) is 23.8 Å². The molecule has 0 amide bonds. The van der Waals surface area contributed by atoms with E-state index in [1.807, 2.05) is 4.90 Å². The van der Waals surface area contributed by atoms with Gasteiger partial charge in [0.1, 0.15) is 0 Å². The lowest BCUT2D eigenvalue weighted by molar-refractivity contribution is 0.0687. The molecule has 2 atom stereocenters. The summed E-state index contributed by atoms with van der Waals surface area (Å²) in [7, 11) is 0. The molecule has 1 heterocycles. The minimum atomic E-state index is -0.674. The van der Waals surface area contributed by atoms with Crippen molar-refractivity contribution < 1.29 is 4.39 Å². The van der Waals surface area contributed by atoms with Crippen LogP contribution in [0.15, 0.2) is 0 Å². The lowest BCUT2D eigenvalue weighted by Crippen LogP contribution is -2.38. The summed E-state index contributed by atoms with van der Waals surface area (Å²) < 4.78 is 13.1. The van der Waals surface area contributed by atoms with E-state index in [4.69, 9.17) is 0 Å². The van der Waals surface area contributed by atoms with Gasteiger partial charge in [-0.05, 0) is 25.7 Å². The zero-order valence-electron chi connectivity index (χ0n) is 7.68.